The third-order valence-corrected chi connectivity index (χ3v) is 5.30. The van der Waals surface area contributed by atoms with Crippen LogP contribution < -0.4 is 4.74 Å². The van der Waals surface area contributed by atoms with Gasteiger partial charge >= 0.3 is 0 Å². The number of likely N-dealkylation sites (tertiary alicyclic amines) is 1. The Labute approximate surface area is 158 Å². The van der Waals surface area contributed by atoms with Gasteiger partial charge in [0.05, 0.1) is 0 Å². The lowest BCUT2D eigenvalue weighted by Gasteiger charge is -2.26. The van der Waals surface area contributed by atoms with Gasteiger partial charge in [-0.3, -0.25) is 4.79 Å². The summed E-state index contributed by atoms with van der Waals surface area (Å²) in [5.74, 6) is 2.37. The van der Waals surface area contributed by atoms with Crippen LogP contribution in [0.2, 0.25) is 0 Å². The molecule has 0 aliphatic carbocycles. The summed E-state index contributed by atoms with van der Waals surface area (Å²) < 4.78 is 16.4. The second kappa shape index (κ2) is 8.08. The average molecular weight is 371 g/mol. The molecule has 0 spiro atoms. The summed E-state index contributed by atoms with van der Waals surface area (Å²) in [6.45, 7) is 5.06. The van der Waals surface area contributed by atoms with Crippen LogP contribution in [0.3, 0.4) is 0 Å². The van der Waals surface area contributed by atoms with Crippen molar-refractivity contribution < 1.29 is 18.8 Å². The van der Waals surface area contributed by atoms with E-state index in [1.54, 1.807) is 0 Å². The van der Waals surface area contributed by atoms with Crippen molar-refractivity contribution in [2.75, 3.05) is 26.3 Å². The molecule has 7 nitrogen and oxygen atoms in total. The molecule has 1 aromatic carbocycles. The molecule has 1 atom stereocenters. The Morgan fingerprint density at radius 3 is 2.78 bits per heavy atom. The molecule has 0 radical (unpaired) electrons. The standard InChI is InChI=1S/C20H25N3O4/c1-14-2-4-17(5-3-14)26-13-18-21-19(22-27-18)16-6-9-23(12-16)20(24)15-7-10-25-11-8-15/h2-5,15-16H,6-13H2,1H3. The molecule has 1 unspecified atom stereocenters. The average Bonchev–Trinajstić information content (AvgIpc) is 3.37. The number of carbonyl (C=O) groups excluding carboxylic acids is 1. The van der Waals surface area contributed by atoms with E-state index in [1.165, 1.54) is 5.56 Å². The molecule has 4 rings (SSSR count). The van der Waals surface area contributed by atoms with Crippen LogP contribution in [0.4, 0.5) is 0 Å². The van der Waals surface area contributed by atoms with Gasteiger partial charge in [-0.25, -0.2) is 0 Å². The molecule has 0 saturated carbocycles. The maximum Gasteiger partial charge on any atom is 0.264 e. The Morgan fingerprint density at radius 2 is 2.00 bits per heavy atom. The second-order valence-corrected chi connectivity index (χ2v) is 7.30. The molecule has 7 heteroatoms. The van der Waals surface area contributed by atoms with Crippen LogP contribution in [-0.4, -0.2) is 47.3 Å². The lowest BCUT2D eigenvalue weighted by molar-refractivity contribution is -0.137. The van der Waals surface area contributed by atoms with Crippen molar-refractivity contribution in [3.63, 3.8) is 0 Å². The summed E-state index contributed by atoms with van der Waals surface area (Å²) in [4.78, 5) is 19.1. The molecule has 3 heterocycles. The van der Waals surface area contributed by atoms with Crippen LogP contribution in [0, 0.1) is 12.8 Å². The maximum absolute atomic E-state index is 12.7. The van der Waals surface area contributed by atoms with Crippen molar-refractivity contribution in [3.8, 4) is 5.75 Å². The van der Waals surface area contributed by atoms with Gasteiger partial charge in [0, 0.05) is 38.1 Å². The molecule has 1 amide bonds. The van der Waals surface area contributed by atoms with Crippen molar-refractivity contribution in [1.82, 2.24) is 15.0 Å². The molecule has 0 bridgehead atoms. The number of benzene rings is 1. The number of carbonyl (C=O) groups is 1. The van der Waals surface area contributed by atoms with E-state index in [-0.39, 0.29) is 24.3 Å². The van der Waals surface area contributed by atoms with Crippen LogP contribution in [0.15, 0.2) is 28.8 Å². The first-order valence-corrected chi connectivity index (χ1v) is 9.57. The molecule has 0 N–H and O–H groups in total. The predicted molar refractivity (Wildman–Crippen MR) is 97.3 cm³/mol. The Hall–Kier alpha value is -2.41. The van der Waals surface area contributed by atoms with Crippen LogP contribution in [0.1, 0.15) is 42.5 Å². The summed E-state index contributed by atoms with van der Waals surface area (Å²) in [6, 6.07) is 7.83. The van der Waals surface area contributed by atoms with Gasteiger partial charge in [-0.05, 0) is 38.3 Å². The summed E-state index contributed by atoms with van der Waals surface area (Å²) >= 11 is 0. The zero-order valence-corrected chi connectivity index (χ0v) is 15.6. The van der Waals surface area contributed by atoms with Gasteiger partial charge in [0.25, 0.3) is 5.89 Å². The van der Waals surface area contributed by atoms with Crippen LogP contribution in [-0.2, 0) is 16.1 Å². The van der Waals surface area contributed by atoms with Gasteiger partial charge in [0.1, 0.15) is 5.75 Å². The zero-order valence-electron chi connectivity index (χ0n) is 15.6. The van der Waals surface area contributed by atoms with Gasteiger partial charge in [0.15, 0.2) is 12.4 Å². The fourth-order valence-corrected chi connectivity index (χ4v) is 3.65. The van der Waals surface area contributed by atoms with Gasteiger partial charge in [-0.1, -0.05) is 22.9 Å². The SMILES string of the molecule is Cc1ccc(OCc2nc(C3CCN(C(=O)C4CCOCC4)C3)no2)cc1. The first kappa shape index (κ1) is 18.0. The van der Waals surface area contributed by atoms with Crippen LogP contribution in [0.25, 0.3) is 0 Å². The van der Waals surface area contributed by atoms with Crippen molar-refractivity contribution >= 4 is 5.91 Å². The van der Waals surface area contributed by atoms with Crippen LogP contribution in [0.5, 0.6) is 5.75 Å². The predicted octanol–water partition coefficient (Wildman–Crippen LogP) is 2.70. The monoisotopic (exact) mass is 371 g/mol. The van der Waals surface area contributed by atoms with Gasteiger partial charge in [-0.2, -0.15) is 4.98 Å². The third kappa shape index (κ3) is 4.30. The smallest absolute Gasteiger partial charge is 0.264 e. The number of aromatic nitrogens is 2. The van der Waals surface area contributed by atoms with Crippen molar-refractivity contribution in [1.29, 1.82) is 0 Å². The Kier molecular flexibility index (Phi) is 5.38. The molecular formula is C20H25N3O4. The number of amides is 1. The van der Waals surface area contributed by atoms with E-state index in [2.05, 4.69) is 10.1 Å². The first-order chi connectivity index (χ1) is 13.2. The quantitative estimate of drug-likeness (QED) is 0.804. The van der Waals surface area contributed by atoms with E-state index < -0.39 is 0 Å². The number of aryl methyl sites for hydroxylation is 1. The molecule has 2 aliphatic rings. The molecule has 2 saturated heterocycles. The number of hydrogen-bond donors (Lipinski definition) is 0. The lowest BCUT2D eigenvalue weighted by Crippen LogP contribution is -2.37. The normalized spacial score (nSPS) is 20.8. The molecule has 144 valence electrons. The van der Waals surface area contributed by atoms with E-state index in [0.717, 1.165) is 31.6 Å². The van der Waals surface area contributed by atoms with E-state index in [4.69, 9.17) is 14.0 Å². The fraction of sp³-hybridized carbons (Fsp3) is 0.550. The Balaban J connectivity index is 1.30. The minimum Gasteiger partial charge on any atom is -0.484 e. The van der Waals surface area contributed by atoms with Crippen molar-refractivity contribution in [2.45, 2.75) is 38.7 Å². The van der Waals surface area contributed by atoms with E-state index in [9.17, 15) is 4.79 Å². The maximum atomic E-state index is 12.7. The van der Waals surface area contributed by atoms with Crippen molar-refractivity contribution in [3.05, 3.63) is 41.5 Å². The minimum atomic E-state index is 0.0984. The highest BCUT2D eigenvalue weighted by atomic mass is 16.5. The largest absolute Gasteiger partial charge is 0.484 e. The zero-order chi connectivity index (χ0) is 18.6. The van der Waals surface area contributed by atoms with Crippen LogP contribution >= 0.6 is 0 Å². The molecular weight excluding hydrogens is 346 g/mol. The summed E-state index contributed by atoms with van der Waals surface area (Å²) in [6.07, 6.45) is 2.51. The highest BCUT2D eigenvalue weighted by molar-refractivity contribution is 5.79. The topological polar surface area (TPSA) is 77.7 Å². The van der Waals surface area contributed by atoms with E-state index in [0.29, 0.717) is 31.5 Å². The Morgan fingerprint density at radius 1 is 1.22 bits per heavy atom. The van der Waals surface area contributed by atoms with Gasteiger partial charge < -0.3 is 18.9 Å². The lowest BCUT2D eigenvalue weighted by atomic mass is 9.99. The third-order valence-electron chi connectivity index (χ3n) is 5.30. The highest BCUT2D eigenvalue weighted by Crippen LogP contribution is 2.28. The molecule has 2 fully saturated rings. The van der Waals surface area contributed by atoms with E-state index in [1.807, 2.05) is 36.1 Å². The van der Waals surface area contributed by atoms with Crippen molar-refractivity contribution in [2.24, 2.45) is 5.92 Å². The van der Waals surface area contributed by atoms with E-state index >= 15 is 0 Å². The van der Waals surface area contributed by atoms with Gasteiger partial charge in [0.2, 0.25) is 5.91 Å². The second-order valence-electron chi connectivity index (χ2n) is 7.30. The minimum absolute atomic E-state index is 0.0984. The molecule has 1 aromatic heterocycles. The Bertz CT molecular complexity index is 768. The summed E-state index contributed by atoms with van der Waals surface area (Å²) in [5, 5.41) is 4.11. The fourth-order valence-electron chi connectivity index (χ4n) is 3.65. The summed E-state index contributed by atoms with van der Waals surface area (Å²) in [5.41, 5.74) is 1.18. The number of rotatable bonds is 5. The number of ether oxygens (including phenoxy) is 2. The summed E-state index contributed by atoms with van der Waals surface area (Å²) in [7, 11) is 0. The molecule has 27 heavy (non-hydrogen) atoms. The molecule has 2 aliphatic heterocycles. The number of hydrogen-bond acceptors (Lipinski definition) is 6. The molecule has 2 aromatic rings. The van der Waals surface area contributed by atoms with Gasteiger partial charge in [-0.15, -0.1) is 0 Å². The number of nitrogens with zero attached hydrogens (tertiary/aromatic N) is 3. The highest BCUT2D eigenvalue weighted by Gasteiger charge is 2.34. The first-order valence-electron chi connectivity index (χ1n) is 9.57.